The van der Waals surface area contributed by atoms with E-state index in [1.807, 2.05) is 0 Å². The van der Waals surface area contributed by atoms with Crippen LogP contribution in [0.5, 0.6) is 0 Å². The molecule has 2 rings (SSSR count). The van der Waals surface area contributed by atoms with Gasteiger partial charge in [-0.15, -0.1) is 0 Å². The molecule has 0 aliphatic rings. The highest BCUT2D eigenvalue weighted by atomic mass is 35.5. The molecule has 1 heterocycles. The summed E-state index contributed by atoms with van der Waals surface area (Å²) in [4.78, 5) is 0. The second-order valence-corrected chi connectivity index (χ2v) is 4.29. The van der Waals surface area contributed by atoms with Gasteiger partial charge in [-0.05, 0) is 29.8 Å². The molecule has 0 fully saturated rings. The van der Waals surface area contributed by atoms with Crippen molar-refractivity contribution in [3.63, 3.8) is 0 Å². The minimum atomic E-state index is -0.440. The summed E-state index contributed by atoms with van der Waals surface area (Å²) in [5, 5.41) is 12.5. The third-order valence-electron chi connectivity index (χ3n) is 2.61. The highest BCUT2D eigenvalue weighted by Crippen LogP contribution is 2.17. The Kier molecular flexibility index (Phi) is 4.36. The van der Waals surface area contributed by atoms with Crippen molar-refractivity contribution in [2.24, 2.45) is 0 Å². The van der Waals surface area contributed by atoms with E-state index in [1.54, 1.807) is 30.5 Å². The van der Waals surface area contributed by atoms with Gasteiger partial charge in [0.25, 0.3) is 0 Å². The third kappa shape index (κ3) is 3.10. The Balaban J connectivity index is 1.99. The Morgan fingerprint density at radius 1 is 1.39 bits per heavy atom. The van der Waals surface area contributed by atoms with Crippen molar-refractivity contribution in [1.29, 1.82) is 0 Å². The number of hydrogen-bond donors (Lipinski definition) is 2. The molecule has 0 radical (unpaired) electrons. The molecule has 5 heteroatoms. The van der Waals surface area contributed by atoms with Gasteiger partial charge < -0.3 is 14.8 Å². The molecule has 0 aliphatic carbocycles. The summed E-state index contributed by atoms with van der Waals surface area (Å²) in [5.41, 5.74) is 0.839. The molecule has 0 saturated carbocycles. The summed E-state index contributed by atoms with van der Waals surface area (Å²) in [6.07, 6.45) is 1.55. The van der Waals surface area contributed by atoms with Gasteiger partial charge in [-0.1, -0.05) is 17.7 Å². The largest absolute Gasteiger partial charge is 0.468 e. The number of aliphatic hydroxyl groups is 1. The Bertz CT molecular complexity index is 502. The van der Waals surface area contributed by atoms with Crippen LogP contribution >= 0.6 is 11.6 Å². The van der Waals surface area contributed by atoms with Gasteiger partial charge in [0.05, 0.1) is 23.9 Å². The molecule has 0 amide bonds. The Morgan fingerprint density at radius 3 is 2.83 bits per heavy atom. The fourth-order valence-corrected chi connectivity index (χ4v) is 1.84. The van der Waals surface area contributed by atoms with Crippen molar-refractivity contribution >= 4 is 11.6 Å². The summed E-state index contributed by atoms with van der Waals surface area (Å²) < 4.78 is 18.2. The minimum Gasteiger partial charge on any atom is -0.468 e. The molecule has 0 saturated heterocycles. The summed E-state index contributed by atoms with van der Waals surface area (Å²) in [6, 6.07) is 7.77. The van der Waals surface area contributed by atoms with Gasteiger partial charge in [-0.3, -0.25) is 0 Å². The molecule has 18 heavy (non-hydrogen) atoms. The van der Waals surface area contributed by atoms with E-state index in [2.05, 4.69) is 5.32 Å². The predicted molar refractivity (Wildman–Crippen MR) is 66.8 cm³/mol. The zero-order valence-electron chi connectivity index (χ0n) is 9.57. The molecule has 3 nitrogen and oxygen atoms in total. The number of furan rings is 1. The zero-order valence-corrected chi connectivity index (χ0v) is 10.3. The van der Waals surface area contributed by atoms with E-state index in [4.69, 9.17) is 16.0 Å². The van der Waals surface area contributed by atoms with Gasteiger partial charge in [-0.25, -0.2) is 4.39 Å². The lowest BCUT2D eigenvalue weighted by Gasteiger charge is -2.14. The number of rotatable bonds is 5. The van der Waals surface area contributed by atoms with E-state index < -0.39 is 5.82 Å². The minimum absolute atomic E-state index is 0.0809. The summed E-state index contributed by atoms with van der Waals surface area (Å²) in [7, 11) is 0. The Morgan fingerprint density at radius 2 is 2.22 bits per heavy atom. The van der Waals surface area contributed by atoms with Gasteiger partial charge in [0.2, 0.25) is 0 Å². The van der Waals surface area contributed by atoms with Crippen molar-refractivity contribution in [1.82, 2.24) is 5.32 Å². The van der Waals surface area contributed by atoms with Crippen LogP contribution in [-0.4, -0.2) is 11.7 Å². The van der Waals surface area contributed by atoms with Crippen LogP contribution in [0.2, 0.25) is 5.02 Å². The molecule has 2 N–H and O–H groups in total. The van der Waals surface area contributed by atoms with Crippen molar-refractivity contribution in [2.45, 2.75) is 12.6 Å². The smallest absolute Gasteiger partial charge is 0.141 e. The summed E-state index contributed by atoms with van der Waals surface area (Å²) >= 11 is 5.69. The number of hydrogen-bond acceptors (Lipinski definition) is 3. The van der Waals surface area contributed by atoms with Crippen molar-refractivity contribution in [3.05, 3.63) is 58.8 Å². The second-order valence-electron chi connectivity index (χ2n) is 3.88. The second kappa shape index (κ2) is 6.00. The highest BCUT2D eigenvalue weighted by Gasteiger charge is 2.12. The van der Waals surface area contributed by atoms with Crippen LogP contribution in [0.1, 0.15) is 17.4 Å². The van der Waals surface area contributed by atoms with E-state index in [1.165, 1.54) is 6.07 Å². The number of nitrogens with one attached hydrogen (secondary N) is 1. The van der Waals surface area contributed by atoms with Crippen molar-refractivity contribution < 1.29 is 13.9 Å². The first kappa shape index (κ1) is 13.1. The normalized spacial score (nSPS) is 12.6. The number of benzene rings is 1. The van der Waals surface area contributed by atoms with Crippen molar-refractivity contribution in [2.75, 3.05) is 6.61 Å². The van der Waals surface area contributed by atoms with E-state index in [9.17, 15) is 9.50 Å². The number of halogens is 2. The average Bonchev–Trinajstić information content (AvgIpc) is 2.88. The van der Waals surface area contributed by atoms with Gasteiger partial charge in [0, 0.05) is 6.54 Å². The van der Waals surface area contributed by atoms with E-state index in [0.717, 1.165) is 5.56 Å². The first-order chi connectivity index (χ1) is 8.70. The fourth-order valence-electron chi connectivity index (χ4n) is 1.64. The SMILES string of the molecule is OC[C@@H](NCc1ccc(F)c(Cl)c1)c1ccco1. The Hall–Kier alpha value is -1.36. The first-order valence-corrected chi connectivity index (χ1v) is 5.90. The fraction of sp³-hybridized carbons (Fsp3) is 0.231. The molecular weight excluding hydrogens is 257 g/mol. The van der Waals surface area contributed by atoms with E-state index in [0.29, 0.717) is 12.3 Å². The third-order valence-corrected chi connectivity index (χ3v) is 2.90. The molecule has 1 aromatic heterocycles. The average molecular weight is 270 g/mol. The Labute approximate surface area is 109 Å². The maximum atomic E-state index is 13.0. The van der Waals surface area contributed by atoms with Gasteiger partial charge in [0.15, 0.2) is 0 Å². The molecule has 1 aromatic carbocycles. The molecule has 0 bridgehead atoms. The van der Waals surface area contributed by atoms with Crippen LogP contribution < -0.4 is 5.32 Å². The lowest BCUT2D eigenvalue weighted by molar-refractivity contribution is 0.225. The molecule has 0 unspecified atom stereocenters. The quantitative estimate of drug-likeness (QED) is 0.877. The van der Waals surface area contributed by atoms with Crippen LogP contribution in [0.25, 0.3) is 0 Å². The highest BCUT2D eigenvalue weighted by molar-refractivity contribution is 6.30. The van der Waals surface area contributed by atoms with Crippen LogP contribution in [0, 0.1) is 5.82 Å². The standard InChI is InChI=1S/C13H13ClFNO2/c14-10-6-9(3-4-11(10)15)7-16-12(8-17)13-2-1-5-18-13/h1-6,12,16-17H,7-8H2/t12-/m1/s1. The van der Waals surface area contributed by atoms with E-state index >= 15 is 0 Å². The summed E-state index contributed by atoms with van der Waals surface area (Å²) in [6.45, 7) is 0.383. The molecule has 0 spiro atoms. The topological polar surface area (TPSA) is 45.4 Å². The zero-order chi connectivity index (χ0) is 13.0. The molecule has 0 aliphatic heterocycles. The first-order valence-electron chi connectivity index (χ1n) is 5.52. The molecule has 2 aromatic rings. The van der Waals surface area contributed by atoms with Crippen LogP contribution in [0.3, 0.4) is 0 Å². The number of aliphatic hydroxyl groups excluding tert-OH is 1. The molecular formula is C13H13ClFNO2. The van der Waals surface area contributed by atoms with E-state index in [-0.39, 0.29) is 17.7 Å². The summed E-state index contributed by atoms with van der Waals surface area (Å²) in [5.74, 6) is 0.218. The molecule has 96 valence electrons. The van der Waals surface area contributed by atoms with Crippen LogP contribution in [-0.2, 0) is 6.54 Å². The molecule has 1 atom stereocenters. The monoisotopic (exact) mass is 269 g/mol. The van der Waals surface area contributed by atoms with Crippen LogP contribution in [0.15, 0.2) is 41.0 Å². The lowest BCUT2D eigenvalue weighted by atomic mass is 10.2. The van der Waals surface area contributed by atoms with Gasteiger partial charge in [0.1, 0.15) is 11.6 Å². The van der Waals surface area contributed by atoms with Crippen molar-refractivity contribution in [3.8, 4) is 0 Å². The lowest BCUT2D eigenvalue weighted by Crippen LogP contribution is -2.23. The van der Waals surface area contributed by atoms with Gasteiger partial charge >= 0.3 is 0 Å². The predicted octanol–water partition coefficient (Wildman–Crippen LogP) is 2.90. The maximum Gasteiger partial charge on any atom is 0.141 e. The van der Waals surface area contributed by atoms with Crippen LogP contribution in [0.4, 0.5) is 4.39 Å². The van der Waals surface area contributed by atoms with Gasteiger partial charge in [-0.2, -0.15) is 0 Å². The maximum absolute atomic E-state index is 13.0.